The van der Waals surface area contributed by atoms with Crippen LogP contribution >= 0.6 is 0 Å². The lowest BCUT2D eigenvalue weighted by Crippen LogP contribution is -2.43. The summed E-state index contributed by atoms with van der Waals surface area (Å²) in [5, 5.41) is 9.79. The molecule has 1 aliphatic heterocycles. The van der Waals surface area contributed by atoms with E-state index in [0.29, 0.717) is 0 Å². The van der Waals surface area contributed by atoms with Gasteiger partial charge in [0.2, 0.25) is 0 Å². The molecule has 1 heterocycles. The highest BCUT2D eigenvalue weighted by molar-refractivity contribution is 4.81. The molecule has 1 rings (SSSR count). The first-order chi connectivity index (χ1) is 7.64. The molecule has 4 heteroatoms. The van der Waals surface area contributed by atoms with Gasteiger partial charge in [-0.2, -0.15) is 0 Å². The summed E-state index contributed by atoms with van der Waals surface area (Å²) in [6, 6.07) is 0. The lowest BCUT2D eigenvalue weighted by molar-refractivity contribution is -0.0129. The molecule has 1 N–H and O–H groups in total. The fourth-order valence-corrected chi connectivity index (χ4v) is 1.86. The SMILES string of the molecule is COCCCOCCN1CCC(C)(O)CC1. The Kier molecular flexibility index (Phi) is 6.28. The minimum absolute atomic E-state index is 0.449. The molecule has 0 aromatic carbocycles. The number of hydrogen-bond acceptors (Lipinski definition) is 4. The van der Waals surface area contributed by atoms with Gasteiger partial charge in [0.1, 0.15) is 0 Å². The van der Waals surface area contributed by atoms with Crippen molar-refractivity contribution >= 4 is 0 Å². The predicted octanol–water partition coefficient (Wildman–Crippen LogP) is 0.886. The van der Waals surface area contributed by atoms with E-state index in [-0.39, 0.29) is 0 Å². The van der Waals surface area contributed by atoms with E-state index in [1.807, 2.05) is 6.92 Å². The molecule has 1 saturated heterocycles. The molecule has 0 radical (unpaired) electrons. The quantitative estimate of drug-likeness (QED) is 0.661. The molecule has 16 heavy (non-hydrogen) atoms. The average Bonchev–Trinajstić information content (AvgIpc) is 2.25. The second-order valence-electron chi connectivity index (χ2n) is 4.80. The van der Waals surface area contributed by atoms with Gasteiger partial charge < -0.3 is 19.5 Å². The van der Waals surface area contributed by atoms with Crippen LogP contribution < -0.4 is 0 Å². The predicted molar refractivity (Wildman–Crippen MR) is 63.6 cm³/mol. The molecule has 0 amide bonds. The van der Waals surface area contributed by atoms with Crippen molar-refractivity contribution in [1.82, 2.24) is 4.90 Å². The summed E-state index contributed by atoms with van der Waals surface area (Å²) in [5.74, 6) is 0. The average molecular weight is 231 g/mol. The maximum Gasteiger partial charge on any atom is 0.0644 e. The first-order valence-electron chi connectivity index (χ1n) is 6.15. The van der Waals surface area contributed by atoms with E-state index in [9.17, 15) is 5.11 Å². The molecule has 0 spiro atoms. The van der Waals surface area contributed by atoms with Gasteiger partial charge in [0.05, 0.1) is 12.2 Å². The molecule has 1 aliphatic rings. The van der Waals surface area contributed by atoms with Gasteiger partial charge in [-0.1, -0.05) is 0 Å². The summed E-state index contributed by atoms with van der Waals surface area (Å²) in [5.41, 5.74) is -0.449. The zero-order valence-electron chi connectivity index (χ0n) is 10.6. The van der Waals surface area contributed by atoms with Crippen molar-refractivity contribution in [2.45, 2.75) is 31.8 Å². The zero-order valence-corrected chi connectivity index (χ0v) is 10.6. The maximum absolute atomic E-state index is 9.79. The van der Waals surface area contributed by atoms with Crippen molar-refractivity contribution in [2.24, 2.45) is 0 Å². The van der Waals surface area contributed by atoms with Crippen LogP contribution in [0, 0.1) is 0 Å². The molecule has 0 aromatic rings. The number of likely N-dealkylation sites (tertiary alicyclic amines) is 1. The van der Waals surface area contributed by atoms with E-state index in [4.69, 9.17) is 9.47 Å². The van der Waals surface area contributed by atoms with Gasteiger partial charge in [0.15, 0.2) is 0 Å². The number of aliphatic hydroxyl groups is 1. The van der Waals surface area contributed by atoms with Crippen molar-refractivity contribution < 1.29 is 14.6 Å². The van der Waals surface area contributed by atoms with Crippen LogP contribution in [0.25, 0.3) is 0 Å². The molecule has 96 valence electrons. The largest absolute Gasteiger partial charge is 0.390 e. The normalized spacial score (nSPS) is 21.2. The minimum Gasteiger partial charge on any atom is -0.390 e. The second-order valence-corrected chi connectivity index (χ2v) is 4.80. The third kappa shape index (κ3) is 5.80. The van der Waals surface area contributed by atoms with E-state index in [1.165, 1.54) is 0 Å². The zero-order chi connectivity index (χ0) is 11.9. The number of methoxy groups -OCH3 is 1. The highest BCUT2D eigenvalue weighted by Gasteiger charge is 2.26. The Morgan fingerprint density at radius 2 is 1.88 bits per heavy atom. The lowest BCUT2D eigenvalue weighted by Gasteiger charge is -2.35. The van der Waals surface area contributed by atoms with Crippen LogP contribution in [0.15, 0.2) is 0 Å². The number of piperidine rings is 1. The number of rotatable bonds is 7. The van der Waals surface area contributed by atoms with Crippen LogP contribution in [-0.4, -0.2) is 62.2 Å². The summed E-state index contributed by atoms with van der Waals surface area (Å²) < 4.78 is 10.4. The Morgan fingerprint density at radius 1 is 1.19 bits per heavy atom. The Morgan fingerprint density at radius 3 is 2.50 bits per heavy atom. The molecule has 0 unspecified atom stereocenters. The fourth-order valence-electron chi connectivity index (χ4n) is 1.86. The van der Waals surface area contributed by atoms with Gasteiger partial charge in [0.25, 0.3) is 0 Å². The van der Waals surface area contributed by atoms with Crippen LogP contribution in [0.3, 0.4) is 0 Å². The van der Waals surface area contributed by atoms with Gasteiger partial charge in [-0.05, 0) is 26.2 Å². The van der Waals surface area contributed by atoms with Crippen LogP contribution in [0.2, 0.25) is 0 Å². The summed E-state index contributed by atoms with van der Waals surface area (Å²) in [7, 11) is 1.71. The Labute approximate surface area is 98.5 Å². The number of hydrogen-bond donors (Lipinski definition) is 1. The molecular formula is C12H25NO3. The first kappa shape index (κ1) is 13.9. The van der Waals surface area contributed by atoms with Crippen LogP contribution in [0.5, 0.6) is 0 Å². The third-order valence-electron chi connectivity index (χ3n) is 3.12. The molecule has 0 aliphatic carbocycles. The van der Waals surface area contributed by atoms with E-state index in [2.05, 4.69) is 4.90 Å². The standard InChI is InChI=1S/C12H25NO3/c1-12(14)4-6-13(7-5-12)8-11-16-10-3-9-15-2/h14H,3-11H2,1-2H3. The fraction of sp³-hybridized carbons (Fsp3) is 1.00. The molecule has 0 aromatic heterocycles. The van der Waals surface area contributed by atoms with Crippen LogP contribution in [0.4, 0.5) is 0 Å². The highest BCUT2D eigenvalue weighted by Crippen LogP contribution is 2.20. The molecule has 0 saturated carbocycles. The van der Waals surface area contributed by atoms with Gasteiger partial charge in [0, 0.05) is 40.0 Å². The van der Waals surface area contributed by atoms with Crippen LogP contribution in [0.1, 0.15) is 26.2 Å². The van der Waals surface area contributed by atoms with Crippen molar-refractivity contribution in [3.63, 3.8) is 0 Å². The van der Waals surface area contributed by atoms with Gasteiger partial charge in [-0.15, -0.1) is 0 Å². The lowest BCUT2D eigenvalue weighted by atomic mass is 9.94. The monoisotopic (exact) mass is 231 g/mol. The smallest absolute Gasteiger partial charge is 0.0644 e. The summed E-state index contributed by atoms with van der Waals surface area (Å²) in [6.45, 7) is 7.19. The topological polar surface area (TPSA) is 41.9 Å². The van der Waals surface area contributed by atoms with E-state index in [0.717, 1.165) is 58.7 Å². The Balaban J connectivity index is 1.94. The Bertz CT molecular complexity index is 175. The van der Waals surface area contributed by atoms with Crippen molar-refractivity contribution in [2.75, 3.05) is 46.6 Å². The molecular weight excluding hydrogens is 206 g/mol. The van der Waals surface area contributed by atoms with Crippen molar-refractivity contribution in [3.05, 3.63) is 0 Å². The van der Waals surface area contributed by atoms with Crippen LogP contribution in [-0.2, 0) is 9.47 Å². The summed E-state index contributed by atoms with van der Waals surface area (Å²) >= 11 is 0. The summed E-state index contributed by atoms with van der Waals surface area (Å²) in [4.78, 5) is 2.36. The number of ether oxygens (including phenoxy) is 2. The van der Waals surface area contributed by atoms with Crippen molar-refractivity contribution in [1.29, 1.82) is 0 Å². The summed E-state index contributed by atoms with van der Waals surface area (Å²) in [6.07, 6.45) is 2.71. The van der Waals surface area contributed by atoms with Gasteiger partial charge >= 0.3 is 0 Å². The Hall–Kier alpha value is -0.160. The van der Waals surface area contributed by atoms with E-state index >= 15 is 0 Å². The molecule has 0 atom stereocenters. The maximum atomic E-state index is 9.79. The van der Waals surface area contributed by atoms with Gasteiger partial charge in [-0.25, -0.2) is 0 Å². The number of nitrogens with zero attached hydrogens (tertiary/aromatic N) is 1. The molecule has 4 nitrogen and oxygen atoms in total. The molecule has 1 fully saturated rings. The van der Waals surface area contributed by atoms with E-state index < -0.39 is 5.60 Å². The second kappa shape index (κ2) is 7.22. The third-order valence-corrected chi connectivity index (χ3v) is 3.12. The minimum atomic E-state index is -0.449. The van der Waals surface area contributed by atoms with Crippen molar-refractivity contribution in [3.8, 4) is 0 Å². The van der Waals surface area contributed by atoms with Gasteiger partial charge in [-0.3, -0.25) is 0 Å². The molecule has 0 bridgehead atoms. The first-order valence-corrected chi connectivity index (χ1v) is 6.15. The van der Waals surface area contributed by atoms with E-state index in [1.54, 1.807) is 7.11 Å². The highest BCUT2D eigenvalue weighted by atomic mass is 16.5.